The zero-order valence-electron chi connectivity index (χ0n) is 16.5. The number of carbonyl (C=O) groups is 2. The van der Waals surface area contributed by atoms with E-state index in [1.165, 1.54) is 35.7 Å². The number of hydrogen-bond donors (Lipinski definition) is 2. The number of halogens is 4. The van der Waals surface area contributed by atoms with Gasteiger partial charge in [0.25, 0.3) is 11.8 Å². The van der Waals surface area contributed by atoms with Crippen LogP contribution in [0.3, 0.4) is 0 Å². The number of aromatic nitrogens is 3. The Morgan fingerprint density at radius 2 is 1.91 bits per heavy atom. The second-order valence-electron chi connectivity index (χ2n) is 7.33. The smallest absolute Gasteiger partial charge is 0.274 e. The summed E-state index contributed by atoms with van der Waals surface area (Å²) in [5.74, 6) is 0.0359. The molecule has 0 bridgehead atoms. The molecule has 0 spiro atoms. The van der Waals surface area contributed by atoms with Crippen LogP contribution in [0.2, 0.25) is 15.1 Å². The van der Waals surface area contributed by atoms with Crippen LogP contribution < -0.4 is 10.6 Å². The number of hydrogen-bond acceptors (Lipinski definition) is 4. The minimum Gasteiger partial charge on any atom is -0.352 e. The lowest BCUT2D eigenvalue weighted by Crippen LogP contribution is -2.27. The first-order valence-electron chi connectivity index (χ1n) is 9.78. The predicted molar refractivity (Wildman–Crippen MR) is 128 cm³/mol. The fraction of sp³-hybridized carbons (Fsp3) is 0.238. The number of rotatable bonds is 7. The largest absolute Gasteiger partial charge is 0.352 e. The van der Waals surface area contributed by atoms with Gasteiger partial charge in [0, 0.05) is 23.8 Å². The average molecular weight is 558 g/mol. The van der Waals surface area contributed by atoms with Gasteiger partial charge in [0.05, 0.1) is 21.3 Å². The van der Waals surface area contributed by atoms with Crippen molar-refractivity contribution in [1.82, 2.24) is 20.1 Å². The first-order valence-corrected chi connectivity index (χ1v) is 11.7. The highest BCUT2D eigenvalue weighted by molar-refractivity contribution is 9.10. The number of anilines is 1. The zero-order valence-corrected chi connectivity index (χ0v) is 20.4. The third-order valence-corrected chi connectivity index (χ3v) is 6.12. The number of pyridine rings is 1. The van der Waals surface area contributed by atoms with Gasteiger partial charge in [0.1, 0.15) is 10.3 Å². The molecule has 0 atom stereocenters. The number of benzene rings is 1. The van der Waals surface area contributed by atoms with Crippen molar-refractivity contribution in [2.75, 3.05) is 11.9 Å². The Hall–Kier alpha value is -2.13. The van der Waals surface area contributed by atoms with E-state index in [4.69, 9.17) is 34.8 Å². The molecule has 0 unspecified atom stereocenters. The quantitative estimate of drug-likeness (QED) is 0.386. The molecule has 0 radical (unpaired) electrons. The topological polar surface area (TPSA) is 88.9 Å². The van der Waals surface area contributed by atoms with E-state index in [2.05, 4.69) is 36.6 Å². The normalized spacial score (nSPS) is 13.1. The van der Waals surface area contributed by atoms with E-state index < -0.39 is 5.91 Å². The summed E-state index contributed by atoms with van der Waals surface area (Å²) in [5.41, 5.74) is 0.470. The molecular formula is C21H17BrCl3N5O2. The second kappa shape index (κ2) is 9.79. The molecule has 4 rings (SSSR count). The lowest BCUT2D eigenvalue weighted by Gasteiger charge is -2.14. The Morgan fingerprint density at radius 1 is 1.12 bits per heavy atom. The second-order valence-corrected chi connectivity index (χ2v) is 9.39. The average Bonchev–Trinajstić information content (AvgIpc) is 3.49. The Balaban J connectivity index is 1.62. The van der Waals surface area contributed by atoms with E-state index in [1.54, 1.807) is 18.3 Å². The molecule has 2 heterocycles. The van der Waals surface area contributed by atoms with Gasteiger partial charge in [-0.3, -0.25) is 9.59 Å². The molecule has 0 aliphatic heterocycles. The van der Waals surface area contributed by atoms with Crippen LogP contribution in [0.4, 0.5) is 5.69 Å². The SMILES string of the molecule is O=C(NCCC1CC1)c1cc(Cl)cc(Cl)c1NC(=O)c1cc(Br)nn1-c1ncccc1Cl. The summed E-state index contributed by atoms with van der Waals surface area (Å²) in [4.78, 5) is 30.2. The van der Waals surface area contributed by atoms with Crippen LogP contribution in [0.25, 0.3) is 5.82 Å². The summed E-state index contributed by atoms with van der Waals surface area (Å²) in [7, 11) is 0. The number of carbonyl (C=O) groups excluding carboxylic acids is 2. The van der Waals surface area contributed by atoms with E-state index in [1.807, 2.05) is 0 Å². The number of nitrogens with zero attached hydrogens (tertiary/aromatic N) is 3. The standard InChI is InChI=1S/C21H17BrCl3N5O2/c22-17-10-16(30(29-17)19-14(24)2-1-6-26-19)21(32)28-18-13(8-12(23)9-15(18)25)20(31)27-7-5-11-3-4-11/h1-2,6,8-11H,3-5,7H2,(H,27,31)(H,28,32). The van der Waals surface area contributed by atoms with Crippen LogP contribution in [0.1, 0.15) is 40.1 Å². The van der Waals surface area contributed by atoms with Crippen LogP contribution >= 0.6 is 50.7 Å². The maximum absolute atomic E-state index is 13.2. The minimum absolute atomic E-state index is 0.138. The van der Waals surface area contributed by atoms with Crippen LogP contribution in [0, 0.1) is 5.92 Å². The van der Waals surface area contributed by atoms with E-state index in [-0.39, 0.29) is 38.7 Å². The van der Waals surface area contributed by atoms with Crippen molar-refractivity contribution >= 4 is 68.2 Å². The Kier molecular flexibility index (Phi) is 7.05. The Morgan fingerprint density at radius 3 is 2.62 bits per heavy atom. The van der Waals surface area contributed by atoms with Crippen molar-refractivity contribution in [2.24, 2.45) is 5.92 Å². The Labute approximate surface area is 207 Å². The molecule has 1 aromatic carbocycles. The fourth-order valence-corrected chi connectivity index (χ4v) is 4.28. The monoisotopic (exact) mass is 555 g/mol. The molecule has 2 N–H and O–H groups in total. The number of amides is 2. The molecule has 11 heteroatoms. The molecule has 1 saturated carbocycles. The third kappa shape index (κ3) is 5.26. The van der Waals surface area contributed by atoms with Crippen LogP contribution in [0.5, 0.6) is 0 Å². The summed E-state index contributed by atoms with van der Waals surface area (Å²) in [5, 5.41) is 10.6. The van der Waals surface area contributed by atoms with Crippen molar-refractivity contribution in [3.8, 4) is 5.82 Å². The van der Waals surface area contributed by atoms with Gasteiger partial charge < -0.3 is 10.6 Å². The predicted octanol–water partition coefficient (Wildman–Crippen LogP) is 5.77. The van der Waals surface area contributed by atoms with Crippen molar-refractivity contribution in [1.29, 1.82) is 0 Å². The van der Waals surface area contributed by atoms with Gasteiger partial charge in [-0.05, 0) is 52.5 Å². The summed E-state index contributed by atoms with van der Waals surface area (Å²) in [6.07, 6.45) is 4.85. The molecule has 1 fully saturated rings. The highest BCUT2D eigenvalue weighted by Crippen LogP contribution is 2.33. The van der Waals surface area contributed by atoms with Crippen molar-refractivity contribution < 1.29 is 9.59 Å². The molecule has 166 valence electrons. The lowest BCUT2D eigenvalue weighted by atomic mass is 10.1. The fourth-order valence-electron chi connectivity index (χ4n) is 3.16. The molecule has 1 aliphatic rings. The van der Waals surface area contributed by atoms with E-state index in [9.17, 15) is 9.59 Å². The van der Waals surface area contributed by atoms with Gasteiger partial charge >= 0.3 is 0 Å². The van der Waals surface area contributed by atoms with Crippen LogP contribution in [-0.4, -0.2) is 33.1 Å². The summed E-state index contributed by atoms with van der Waals surface area (Å²) in [6, 6.07) is 7.76. The van der Waals surface area contributed by atoms with Crippen molar-refractivity contribution in [3.63, 3.8) is 0 Å². The van der Waals surface area contributed by atoms with Gasteiger partial charge in [-0.15, -0.1) is 0 Å². The Bertz CT molecular complexity index is 1200. The maximum Gasteiger partial charge on any atom is 0.274 e. The van der Waals surface area contributed by atoms with E-state index >= 15 is 0 Å². The highest BCUT2D eigenvalue weighted by Gasteiger charge is 2.24. The van der Waals surface area contributed by atoms with Gasteiger partial charge in [-0.1, -0.05) is 47.6 Å². The molecule has 2 amide bonds. The molecule has 7 nitrogen and oxygen atoms in total. The minimum atomic E-state index is -0.554. The summed E-state index contributed by atoms with van der Waals surface area (Å²) in [6.45, 7) is 0.541. The van der Waals surface area contributed by atoms with Crippen LogP contribution in [-0.2, 0) is 0 Å². The molecule has 3 aromatic rings. The highest BCUT2D eigenvalue weighted by atomic mass is 79.9. The van der Waals surface area contributed by atoms with Gasteiger partial charge in [-0.2, -0.15) is 5.10 Å². The molecule has 2 aromatic heterocycles. The lowest BCUT2D eigenvalue weighted by molar-refractivity contribution is 0.0953. The van der Waals surface area contributed by atoms with Gasteiger partial charge in [0.2, 0.25) is 0 Å². The van der Waals surface area contributed by atoms with Crippen molar-refractivity contribution in [3.05, 3.63) is 67.5 Å². The first-order chi connectivity index (χ1) is 15.3. The molecule has 1 aliphatic carbocycles. The summed E-state index contributed by atoms with van der Waals surface area (Å²) >= 11 is 22.0. The van der Waals surface area contributed by atoms with Crippen LogP contribution in [0.15, 0.2) is 41.1 Å². The molecular weight excluding hydrogens is 541 g/mol. The first kappa shape index (κ1) is 23.0. The number of nitrogens with one attached hydrogen (secondary N) is 2. The van der Waals surface area contributed by atoms with Crippen molar-refractivity contribution in [2.45, 2.75) is 19.3 Å². The molecule has 32 heavy (non-hydrogen) atoms. The third-order valence-electron chi connectivity index (χ3n) is 4.93. The van der Waals surface area contributed by atoms with E-state index in [0.29, 0.717) is 22.1 Å². The maximum atomic E-state index is 13.2. The van der Waals surface area contributed by atoms with Gasteiger partial charge in [0.15, 0.2) is 5.82 Å². The summed E-state index contributed by atoms with van der Waals surface area (Å²) < 4.78 is 1.71. The molecule has 0 saturated heterocycles. The van der Waals surface area contributed by atoms with Gasteiger partial charge in [-0.25, -0.2) is 9.67 Å². The van der Waals surface area contributed by atoms with E-state index in [0.717, 1.165) is 6.42 Å². The zero-order chi connectivity index (χ0) is 22.8.